The first kappa shape index (κ1) is 21.5. The van der Waals surface area contributed by atoms with Crippen LogP contribution in [0.1, 0.15) is 43.6 Å². The van der Waals surface area contributed by atoms with Gasteiger partial charge in [-0.25, -0.2) is 9.67 Å². The van der Waals surface area contributed by atoms with Crippen LogP contribution in [-0.2, 0) is 11.3 Å². The SMILES string of the molecule is CC1CN(C(C)(C)CNC(=O)c2cnc3c(cnn3Cc3ccccc3)c2)CC(C)O1. The van der Waals surface area contributed by atoms with E-state index >= 15 is 0 Å². The van der Waals surface area contributed by atoms with Gasteiger partial charge in [0.05, 0.1) is 30.5 Å². The number of carbonyl (C=O) groups is 1. The molecule has 1 amide bonds. The molecule has 1 aliphatic heterocycles. The van der Waals surface area contributed by atoms with Gasteiger partial charge in [0.15, 0.2) is 5.65 Å². The molecule has 1 saturated heterocycles. The van der Waals surface area contributed by atoms with Crippen LogP contribution in [0.3, 0.4) is 0 Å². The van der Waals surface area contributed by atoms with Crippen molar-refractivity contribution < 1.29 is 9.53 Å². The Morgan fingerprint density at radius 1 is 1.16 bits per heavy atom. The monoisotopic (exact) mass is 421 g/mol. The number of nitrogens with zero attached hydrogens (tertiary/aromatic N) is 4. The highest BCUT2D eigenvalue weighted by molar-refractivity contribution is 5.96. The largest absolute Gasteiger partial charge is 0.373 e. The molecule has 7 heteroatoms. The van der Waals surface area contributed by atoms with Gasteiger partial charge in [-0.1, -0.05) is 30.3 Å². The molecule has 0 saturated carbocycles. The lowest BCUT2D eigenvalue weighted by molar-refractivity contribution is -0.0948. The number of pyridine rings is 1. The molecule has 0 radical (unpaired) electrons. The van der Waals surface area contributed by atoms with Gasteiger partial charge in [0, 0.05) is 36.8 Å². The first-order valence-corrected chi connectivity index (χ1v) is 10.9. The summed E-state index contributed by atoms with van der Waals surface area (Å²) in [4.78, 5) is 19.7. The molecule has 1 aliphatic rings. The molecule has 7 nitrogen and oxygen atoms in total. The van der Waals surface area contributed by atoms with E-state index in [1.54, 1.807) is 12.4 Å². The Labute approximate surface area is 183 Å². The number of carbonyl (C=O) groups excluding carboxylic acids is 1. The summed E-state index contributed by atoms with van der Waals surface area (Å²) >= 11 is 0. The van der Waals surface area contributed by atoms with Crippen molar-refractivity contribution >= 4 is 16.9 Å². The van der Waals surface area contributed by atoms with Crippen LogP contribution >= 0.6 is 0 Å². The quantitative estimate of drug-likeness (QED) is 0.662. The highest BCUT2D eigenvalue weighted by Crippen LogP contribution is 2.21. The number of amides is 1. The molecular weight excluding hydrogens is 390 g/mol. The molecule has 3 heterocycles. The summed E-state index contributed by atoms with van der Waals surface area (Å²) in [6.07, 6.45) is 3.78. The number of ether oxygens (including phenoxy) is 1. The molecule has 164 valence electrons. The van der Waals surface area contributed by atoms with Gasteiger partial charge in [-0.2, -0.15) is 5.10 Å². The molecule has 31 heavy (non-hydrogen) atoms. The zero-order valence-electron chi connectivity index (χ0n) is 18.7. The fourth-order valence-electron chi connectivity index (χ4n) is 4.15. The summed E-state index contributed by atoms with van der Waals surface area (Å²) in [6, 6.07) is 12.0. The average molecular weight is 422 g/mol. The summed E-state index contributed by atoms with van der Waals surface area (Å²) in [6.45, 7) is 11.4. The van der Waals surface area contributed by atoms with E-state index in [0.29, 0.717) is 18.7 Å². The van der Waals surface area contributed by atoms with Gasteiger partial charge in [-0.15, -0.1) is 0 Å². The van der Waals surface area contributed by atoms with Crippen LogP contribution in [0.5, 0.6) is 0 Å². The summed E-state index contributed by atoms with van der Waals surface area (Å²) in [7, 11) is 0. The molecule has 1 fully saturated rings. The van der Waals surface area contributed by atoms with Gasteiger partial charge in [0.2, 0.25) is 0 Å². The highest BCUT2D eigenvalue weighted by atomic mass is 16.5. The van der Waals surface area contributed by atoms with Crippen molar-refractivity contribution in [3.05, 3.63) is 59.9 Å². The van der Waals surface area contributed by atoms with Gasteiger partial charge in [-0.05, 0) is 39.3 Å². The molecule has 2 unspecified atom stereocenters. The van der Waals surface area contributed by atoms with Crippen molar-refractivity contribution in [1.82, 2.24) is 25.0 Å². The Balaban J connectivity index is 1.42. The zero-order valence-corrected chi connectivity index (χ0v) is 18.7. The number of nitrogens with one attached hydrogen (secondary N) is 1. The Morgan fingerprint density at radius 2 is 1.87 bits per heavy atom. The highest BCUT2D eigenvalue weighted by Gasteiger charge is 2.33. The number of aromatic nitrogens is 3. The minimum absolute atomic E-state index is 0.118. The molecule has 2 aromatic heterocycles. The maximum atomic E-state index is 12.8. The van der Waals surface area contributed by atoms with Gasteiger partial charge in [0.1, 0.15) is 0 Å². The molecule has 1 N–H and O–H groups in total. The Hall–Kier alpha value is -2.77. The zero-order chi connectivity index (χ0) is 22.0. The van der Waals surface area contributed by atoms with Crippen LogP contribution in [0.15, 0.2) is 48.8 Å². The summed E-state index contributed by atoms with van der Waals surface area (Å²) in [5.41, 5.74) is 2.31. The Morgan fingerprint density at radius 3 is 2.58 bits per heavy atom. The number of hydrogen-bond donors (Lipinski definition) is 1. The van der Waals surface area contributed by atoms with Crippen LogP contribution in [0, 0.1) is 0 Å². The number of fused-ring (bicyclic) bond motifs is 1. The lowest BCUT2D eigenvalue weighted by Gasteiger charge is -2.45. The van der Waals surface area contributed by atoms with Crippen LogP contribution in [0.4, 0.5) is 0 Å². The molecule has 3 aromatic rings. The normalized spacial score (nSPS) is 20.1. The molecule has 0 aliphatic carbocycles. The Kier molecular flexibility index (Phi) is 6.07. The standard InChI is InChI=1S/C24H31N5O2/c1-17-13-28(14-18(2)31-17)24(3,4)16-26-23(30)21-10-20-12-27-29(22(20)25-11-21)15-19-8-6-5-7-9-19/h5-12,17-18H,13-16H2,1-4H3,(H,26,30). The van der Waals surface area contributed by atoms with Crippen LogP contribution in [-0.4, -0.2) is 63.0 Å². The number of morpholine rings is 1. The summed E-state index contributed by atoms with van der Waals surface area (Å²) in [5.74, 6) is -0.118. The van der Waals surface area contributed by atoms with Crippen LogP contribution in [0.25, 0.3) is 11.0 Å². The molecule has 0 spiro atoms. The topological polar surface area (TPSA) is 72.3 Å². The summed E-state index contributed by atoms with van der Waals surface area (Å²) < 4.78 is 7.70. The number of hydrogen-bond acceptors (Lipinski definition) is 5. The van der Waals surface area contributed by atoms with E-state index in [4.69, 9.17) is 4.74 Å². The van der Waals surface area contributed by atoms with E-state index in [1.165, 1.54) is 0 Å². The first-order valence-electron chi connectivity index (χ1n) is 10.9. The number of benzene rings is 1. The van der Waals surface area contributed by atoms with Crippen molar-refractivity contribution in [2.45, 2.75) is 52.0 Å². The fraction of sp³-hybridized carbons (Fsp3) is 0.458. The fourth-order valence-corrected chi connectivity index (χ4v) is 4.15. The van der Waals surface area contributed by atoms with Gasteiger partial charge < -0.3 is 10.1 Å². The minimum atomic E-state index is -0.167. The van der Waals surface area contributed by atoms with E-state index in [1.807, 2.05) is 28.9 Å². The molecule has 2 atom stereocenters. The second-order valence-corrected chi connectivity index (χ2v) is 9.08. The van der Waals surface area contributed by atoms with E-state index in [-0.39, 0.29) is 23.7 Å². The van der Waals surface area contributed by atoms with Gasteiger partial charge >= 0.3 is 0 Å². The number of rotatable bonds is 6. The molecule has 1 aromatic carbocycles. The average Bonchev–Trinajstić information content (AvgIpc) is 3.14. The minimum Gasteiger partial charge on any atom is -0.373 e. The van der Waals surface area contributed by atoms with E-state index < -0.39 is 0 Å². The van der Waals surface area contributed by atoms with Crippen LogP contribution in [0.2, 0.25) is 0 Å². The third-order valence-electron chi connectivity index (χ3n) is 5.87. The predicted molar refractivity (Wildman–Crippen MR) is 121 cm³/mol. The van der Waals surface area contributed by atoms with Crippen molar-refractivity contribution in [3.63, 3.8) is 0 Å². The molecule has 0 bridgehead atoms. The first-order chi connectivity index (χ1) is 14.8. The lowest BCUT2D eigenvalue weighted by Crippen LogP contribution is -2.58. The molecular formula is C24H31N5O2. The predicted octanol–water partition coefficient (Wildman–Crippen LogP) is 3.10. The van der Waals surface area contributed by atoms with E-state index in [9.17, 15) is 4.79 Å². The third kappa shape index (κ3) is 4.94. The second kappa shape index (κ2) is 8.77. The van der Waals surface area contributed by atoms with Gasteiger partial charge in [0.25, 0.3) is 5.91 Å². The molecule has 4 rings (SSSR count). The van der Waals surface area contributed by atoms with Crippen molar-refractivity contribution in [2.75, 3.05) is 19.6 Å². The maximum absolute atomic E-state index is 12.8. The lowest BCUT2D eigenvalue weighted by atomic mass is 10.00. The van der Waals surface area contributed by atoms with Crippen molar-refractivity contribution in [3.8, 4) is 0 Å². The third-order valence-corrected chi connectivity index (χ3v) is 5.87. The smallest absolute Gasteiger partial charge is 0.252 e. The van der Waals surface area contributed by atoms with Crippen molar-refractivity contribution in [2.24, 2.45) is 0 Å². The summed E-state index contributed by atoms with van der Waals surface area (Å²) in [5, 5.41) is 8.40. The van der Waals surface area contributed by atoms with Gasteiger partial charge in [-0.3, -0.25) is 9.69 Å². The van der Waals surface area contributed by atoms with E-state index in [2.05, 4.69) is 60.1 Å². The maximum Gasteiger partial charge on any atom is 0.252 e. The second-order valence-electron chi connectivity index (χ2n) is 9.08. The van der Waals surface area contributed by atoms with Crippen molar-refractivity contribution in [1.29, 1.82) is 0 Å². The Bertz CT molecular complexity index is 1040. The van der Waals surface area contributed by atoms with Crippen LogP contribution < -0.4 is 5.32 Å². The van der Waals surface area contributed by atoms with E-state index in [0.717, 1.165) is 29.7 Å².